The number of hydrogen-bond donors (Lipinski definition) is 1. The van der Waals surface area contributed by atoms with Crippen LogP contribution in [0.2, 0.25) is 0 Å². The number of anilines is 1. The van der Waals surface area contributed by atoms with Crippen LogP contribution in [0.4, 0.5) is 5.95 Å². The number of nitrogen functional groups attached to an aromatic ring is 1. The molecule has 0 aliphatic heterocycles. The molecule has 0 bridgehead atoms. The van der Waals surface area contributed by atoms with E-state index in [2.05, 4.69) is 48.8 Å². The third kappa shape index (κ3) is 1.67. The quantitative estimate of drug-likeness (QED) is 0.752. The van der Waals surface area contributed by atoms with Crippen LogP contribution >= 0.6 is 15.9 Å². The summed E-state index contributed by atoms with van der Waals surface area (Å²) in [5.74, 6) is 0.279. The smallest absolute Gasteiger partial charge is 0.220 e. The molecule has 0 fully saturated rings. The first kappa shape index (κ1) is 11.2. The lowest BCUT2D eigenvalue weighted by Crippen LogP contribution is -1.96. The van der Waals surface area contributed by atoms with Crippen LogP contribution in [-0.4, -0.2) is 14.5 Å². The third-order valence-corrected chi connectivity index (χ3v) is 3.50. The highest BCUT2D eigenvalue weighted by Gasteiger charge is 2.12. The van der Waals surface area contributed by atoms with Crippen LogP contribution in [0.5, 0.6) is 0 Å². The molecule has 0 saturated heterocycles. The molecule has 90 valence electrons. The van der Waals surface area contributed by atoms with Gasteiger partial charge >= 0.3 is 0 Å². The van der Waals surface area contributed by atoms with Gasteiger partial charge in [-0.05, 0) is 22.0 Å². The molecular formula is C13H11BrN4. The molecule has 5 heteroatoms. The Hall–Kier alpha value is -1.88. The van der Waals surface area contributed by atoms with Crippen LogP contribution in [0.3, 0.4) is 0 Å². The number of aryl methyl sites for hydroxylation is 1. The monoisotopic (exact) mass is 302 g/mol. The van der Waals surface area contributed by atoms with Crippen molar-refractivity contribution in [3.05, 3.63) is 41.1 Å². The number of halogens is 1. The molecule has 0 atom stereocenters. The minimum atomic E-state index is 0.279. The van der Waals surface area contributed by atoms with Crippen LogP contribution in [-0.2, 0) is 7.05 Å². The number of aromatic nitrogens is 3. The first-order valence-corrected chi connectivity index (χ1v) is 6.28. The largest absolute Gasteiger partial charge is 0.368 e. The average molecular weight is 303 g/mol. The van der Waals surface area contributed by atoms with Crippen molar-refractivity contribution in [2.45, 2.75) is 0 Å². The minimum Gasteiger partial charge on any atom is -0.368 e. The second kappa shape index (κ2) is 4.10. The van der Waals surface area contributed by atoms with Gasteiger partial charge in [0.05, 0.1) is 10.2 Å². The predicted molar refractivity (Wildman–Crippen MR) is 76.1 cm³/mol. The van der Waals surface area contributed by atoms with Crippen molar-refractivity contribution in [2.75, 3.05) is 5.73 Å². The van der Waals surface area contributed by atoms with Gasteiger partial charge in [-0.25, -0.2) is 9.97 Å². The normalized spacial score (nSPS) is 11.0. The van der Waals surface area contributed by atoms with Gasteiger partial charge in [0.1, 0.15) is 0 Å². The molecule has 3 rings (SSSR count). The van der Waals surface area contributed by atoms with Crippen LogP contribution in [0.15, 0.2) is 41.1 Å². The maximum Gasteiger partial charge on any atom is 0.220 e. The topological polar surface area (TPSA) is 56.7 Å². The number of para-hydroxylation sites is 1. The van der Waals surface area contributed by atoms with Gasteiger partial charge in [0.2, 0.25) is 5.95 Å². The summed E-state index contributed by atoms with van der Waals surface area (Å²) in [5, 5.41) is 1.15. The fraction of sp³-hybridized carbons (Fsp3) is 0.0769. The molecule has 0 radical (unpaired) electrons. The predicted octanol–water partition coefficient (Wildman–Crippen LogP) is 2.98. The van der Waals surface area contributed by atoms with Crippen molar-refractivity contribution in [2.24, 2.45) is 7.05 Å². The van der Waals surface area contributed by atoms with Crippen molar-refractivity contribution >= 4 is 32.8 Å². The Morgan fingerprint density at radius 1 is 1.28 bits per heavy atom. The Labute approximate surface area is 113 Å². The highest BCUT2D eigenvalue weighted by molar-refractivity contribution is 9.10. The van der Waals surface area contributed by atoms with E-state index in [1.165, 1.54) is 0 Å². The summed E-state index contributed by atoms with van der Waals surface area (Å²) in [6.07, 6.45) is 3.73. The summed E-state index contributed by atoms with van der Waals surface area (Å²) in [4.78, 5) is 8.28. The number of rotatable bonds is 1. The highest BCUT2D eigenvalue weighted by atomic mass is 79.9. The summed E-state index contributed by atoms with van der Waals surface area (Å²) in [5.41, 5.74) is 8.70. The van der Waals surface area contributed by atoms with Gasteiger partial charge in [0.25, 0.3) is 0 Å². The molecule has 0 aliphatic carbocycles. The summed E-state index contributed by atoms with van der Waals surface area (Å²) < 4.78 is 2.92. The van der Waals surface area contributed by atoms with Crippen LogP contribution in [0.25, 0.3) is 22.2 Å². The van der Waals surface area contributed by atoms with Gasteiger partial charge in [-0.3, -0.25) is 0 Å². The summed E-state index contributed by atoms with van der Waals surface area (Å²) in [6.45, 7) is 0. The summed E-state index contributed by atoms with van der Waals surface area (Å²) in [7, 11) is 2.02. The molecule has 2 aromatic heterocycles. The SMILES string of the molecule is Cn1cc(-c2nc(N)ncc2Br)c2ccccc21. The van der Waals surface area contributed by atoms with Gasteiger partial charge in [-0.1, -0.05) is 18.2 Å². The number of hydrogen-bond acceptors (Lipinski definition) is 3. The van der Waals surface area contributed by atoms with Crippen molar-refractivity contribution in [3.63, 3.8) is 0 Å². The second-order valence-corrected chi connectivity index (χ2v) is 4.95. The van der Waals surface area contributed by atoms with Gasteiger partial charge in [0, 0.05) is 35.9 Å². The van der Waals surface area contributed by atoms with Crippen molar-refractivity contribution < 1.29 is 0 Å². The molecule has 18 heavy (non-hydrogen) atoms. The molecule has 0 aliphatic rings. The number of nitrogens with two attached hydrogens (primary N) is 1. The molecule has 2 N–H and O–H groups in total. The lowest BCUT2D eigenvalue weighted by molar-refractivity contribution is 0.969. The number of benzene rings is 1. The standard InChI is InChI=1S/C13H11BrN4/c1-18-7-9(8-4-2-3-5-11(8)18)12-10(14)6-16-13(15)17-12/h2-7H,1H3,(H2,15,16,17). The van der Waals surface area contributed by atoms with Crippen LogP contribution < -0.4 is 5.73 Å². The fourth-order valence-corrected chi connectivity index (χ4v) is 2.50. The van der Waals surface area contributed by atoms with E-state index >= 15 is 0 Å². The van der Waals surface area contributed by atoms with E-state index in [4.69, 9.17) is 5.73 Å². The lowest BCUT2D eigenvalue weighted by atomic mass is 10.1. The number of nitrogens with zero attached hydrogens (tertiary/aromatic N) is 3. The molecule has 0 saturated carbocycles. The Balaban J connectivity index is 2.35. The van der Waals surface area contributed by atoms with E-state index < -0.39 is 0 Å². The Bertz CT molecular complexity index is 733. The average Bonchev–Trinajstić information content (AvgIpc) is 2.71. The lowest BCUT2D eigenvalue weighted by Gasteiger charge is -2.02. The molecule has 1 aromatic carbocycles. The molecule has 3 aromatic rings. The highest BCUT2D eigenvalue weighted by Crippen LogP contribution is 2.33. The second-order valence-electron chi connectivity index (χ2n) is 4.10. The maximum atomic E-state index is 5.67. The molecule has 0 unspecified atom stereocenters. The van der Waals surface area contributed by atoms with Crippen LogP contribution in [0.1, 0.15) is 0 Å². The van der Waals surface area contributed by atoms with E-state index in [0.29, 0.717) is 0 Å². The Morgan fingerprint density at radius 3 is 2.89 bits per heavy atom. The van der Waals surface area contributed by atoms with Crippen molar-refractivity contribution in [3.8, 4) is 11.3 Å². The molecular weight excluding hydrogens is 292 g/mol. The zero-order valence-corrected chi connectivity index (χ0v) is 11.3. The van der Waals surface area contributed by atoms with Crippen molar-refractivity contribution in [1.29, 1.82) is 0 Å². The Morgan fingerprint density at radius 2 is 2.06 bits per heavy atom. The zero-order valence-electron chi connectivity index (χ0n) is 9.76. The maximum absolute atomic E-state index is 5.67. The van der Waals surface area contributed by atoms with Gasteiger partial charge in [0.15, 0.2) is 0 Å². The number of fused-ring (bicyclic) bond motifs is 1. The minimum absolute atomic E-state index is 0.279. The Kier molecular flexibility index (Phi) is 2.56. The molecule has 2 heterocycles. The fourth-order valence-electron chi connectivity index (χ4n) is 2.10. The van der Waals surface area contributed by atoms with E-state index in [-0.39, 0.29) is 5.95 Å². The summed E-state index contributed by atoms with van der Waals surface area (Å²) >= 11 is 3.47. The van der Waals surface area contributed by atoms with Gasteiger partial charge in [-0.2, -0.15) is 0 Å². The van der Waals surface area contributed by atoms with E-state index in [0.717, 1.165) is 26.6 Å². The first-order valence-electron chi connectivity index (χ1n) is 5.49. The van der Waals surface area contributed by atoms with E-state index in [1.54, 1.807) is 6.20 Å². The van der Waals surface area contributed by atoms with Crippen LogP contribution in [0, 0.1) is 0 Å². The summed E-state index contributed by atoms with van der Waals surface area (Å²) in [6, 6.07) is 8.20. The zero-order chi connectivity index (χ0) is 12.7. The van der Waals surface area contributed by atoms with E-state index in [1.807, 2.05) is 19.2 Å². The van der Waals surface area contributed by atoms with Crippen molar-refractivity contribution in [1.82, 2.24) is 14.5 Å². The van der Waals surface area contributed by atoms with Gasteiger partial charge in [-0.15, -0.1) is 0 Å². The molecule has 0 amide bonds. The first-order chi connectivity index (χ1) is 8.66. The van der Waals surface area contributed by atoms with Gasteiger partial charge < -0.3 is 10.3 Å². The molecule has 0 spiro atoms. The molecule has 4 nitrogen and oxygen atoms in total. The third-order valence-electron chi connectivity index (χ3n) is 2.91. The van der Waals surface area contributed by atoms with E-state index in [9.17, 15) is 0 Å².